The molecule has 0 radical (unpaired) electrons. The van der Waals surface area contributed by atoms with Gasteiger partial charge in [-0.15, -0.1) is 0 Å². The molecule has 5 nitrogen and oxygen atoms in total. The van der Waals surface area contributed by atoms with Crippen molar-refractivity contribution in [3.8, 4) is 0 Å². The highest BCUT2D eigenvalue weighted by Crippen LogP contribution is 2.23. The fourth-order valence-corrected chi connectivity index (χ4v) is 1.95. The zero-order valence-corrected chi connectivity index (χ0v) is 13.1. The molecule has 0 atom stereocenters. The van der Waals surface area contributed by atoms with E-state index in [4.69, 9.17) is 9.15 Å². The topological polar surface area (TPSA) is 59.8 Å². The van der Waals surface area contributed by atoms with Crippen molar-refractivity contribution < 1.29 is 18.7 Å². The third-order valence-corrected chi connectivity index (χ3v) is 3.11. The van der Waals surface area contributed by atoms with Gasteiger partial charge >= 0.3 is 5.97 Å². The molecule has 1 amide bonds. The fourth-order valence-electron chi connectivity index (χ4n) is 1.54. The SMILES string of the molecule is CCOC(=O)CN(C(=O)c1ccoc1Br)C(C)(C)C. The van der Waals surface area contributed by atoms with Crippen molar-refractivity contribution in [1.29, 1.82) is 0 Å². The molecule has 0 unspecified atom stereocenters. The number of hydrogen-bond acceptors (Lipinski definition) is 4. The monoisotopic (exact) mass is 331 g/mol. The lowest BCUT2D eigenvalue weighted by Gasteiger charge is -2.34. The van der Waals surface area contributed by atoms with Crippen molar-refractivity contribution in [3.63, 3.8) is 0 Å². The van der Waals surface area contributed by atoms with Gasteiger partial charge in [-0.1, -0.05) is 0 Å². The molecule has 0 saturated heterocycles. The molecule has 0 aromatic carbocycles. The molecule has 0 saturated carbocycles. The Bertz CT molecular complexity index is 461. The summed E-state index contributed by atoms with van der Waals surface area (Å²) in [6.07, 6.45) is 1.42. The number of carbonyl (C=O) groups is 2. The second kappa shape index (κ2) is 6.23. The molecule has 106 valence electrons. The second-order valence-electron chi connectivity index (χ2n) is 4.98. The van der Waals surface area contributed by atoms with E-state index >= 15 is 0 Å². The molecular weight excluding hydrogens is 314 g/mol. The maximum Gasteiger partial charge on any atom is 0.325 e. The summed E-state index contributed by atoms with van der Waals surface area (Å²) in [5, 5.41) is 0. The minimum atomic E-state index is -0.499. The van der Waals surface area contributed by atoms with Crippen molar-refractivity contribution in [2.75, 3.05) is 13.2 Å². The predicted octanol–water partition coefficient (Wildman–Crippen LogP) is 2.85. The van der Waals surface area contributed by atoms with Crippen LogP contribution in [-0.2, 0) is 9.53 Å². The minimum absolute atomic E-state index is 0.0895. The summed E-state index contributed by atoms with van der Waals surface area (Å²) in [5.41, 5.74) is -0.111. The highest BCUT2D eigenvalue weighted by atomic mass is 79.9. The van der Waals surface area contributed by atoms with Crippen molar-refractivity contribution >= 4 is 27.8 Å². The molecule has 19 heavy (non-hydrogen) atoms. The molecule has 0 fully saturated rings. The lowest BCUT2D eigenvalue weighted by Crippen LogP contribution is -2.48. The first-order valence-electron chi connectivity index (χ1n) is 5.98. The summed E-state index contributed by atoms with van der Waals surface area (Å²) in [6.45, 7) is 7.51. The zero-order chi connectivity index (χ0) is 14.6. The van der Waals surface area contributed by atoms with E-state index in [1.165, 1.54) is 11.2 Å². The predicted molar refractivity (Wildman–Crippen MR) is 73.8 cm³/mol. The number of ether oxygens (including phenoxy) is 1. The van der Waals surface area contributed by atoms with Gasteiger partial charge in [0, 0.05) is 5.54 Å². The Morgan fingerprint density at radius 2 is 2.05 bits per heavy atom. The van der Waals surface area contributed by atoms with Gasteiger partial charge in [-0.3, -0.25) is 9.59 Å². The smallest absolute Gasteiger partial charge is 0.325 e. The first kappa shape index (κ1) is 15.8. The maximum atomic E-state index is 12.4. The quantitative estimate of drug-likeness (QED) is 0.796. The van der Waals surface area contributed by atoms with Crippen LogP contribution in [0.1, 0.15) is 38.1 Å². The number of esters is 1. The standard InChI is InChI=1S/C13H18BrNO4/c1-5-18-10(16)8-15(13(2,3)4)12(17)9-6-7-19-11(9)14/h6-7H,5,8H2,1-4H3. The average Bonchev–Trinajstić information content (AvgIpc) is 2.70. The van der Waals surface area contributed by atoms with Crippen LogP contribution in [0.15, 0.2) is 21.4 Å². The fraction of sp³-hybridized carbons (Fsp3) is 0.538. The molecule has 0 aliphatic heterocycles. The van der Waals surface area contributed by atoms with Crippen LogP contribution in [0.5, 0.6) is 0 Å². The molecule has 0 spiro atoms. The Kier molecular flexibility index (Phi) is 5.17. The van der Waals surface area contributed by atoms with E-state index in [1.54, 1.807) is 13.0 Å². The number of furan rings is 1. The summed E-state index contributed by atoms with van der Waals surface area (Å²) in [4.78, 5) is 25.5. The van der Waals surface area contributed by atoms with E-state index in [2.05, 4.69) is 15.9 Å². The maximum absolute atomic E-state index is 12.4. The third kappa shape index (κ3) is 4.09. The van der Waals surface area contributed by atoms with E-state index in [-0.39, 0.29) is 12.5 Å². The lowest BCUT2D eigenvalue weighted by atomic mass is 10.0. The van der Waals surface area contributed by atoms with E-state index in [1.807, 2.05) is 20.8 Å². The molecular formula is C13H18BrNO4. The summed E-state index contributed by atoms with van der Waals surface area (Å²) in [6, 6.07) is 1.57. The highest BCUT2D eigenvalue weighted by molar-refractivity contribution is 9.10. The Balaban J connectivity index is 2.96. The van der Waals surface area contributed by atoms with Gasteiger partial charge in [-0.25, -0.2) is 0 Å². The van der Waals surface area contributed by atoms with E-state index < -0.39 is 11.5 Å². The van der Waals surface area contributed by atoms with Crippen molar-refractivity contribution in [2.45, 2.75) is 33.2 Å². The summed E-state index contributed by atoms with van der Waals surface area (Å²) < 4.78 is 10.3. The van der Waals surface area contributed by atoms with E-state index in [9.17, 15) is 9.59 Å². The molecule has 1 heterocycles. The molecule has 1 rings (SSSR count). The molecule has 1 aromatic heterocycles. The van der Waals surface area contributed by atoms with Gasteiger partial charge in [0.1, 0.15) is 6.54 Å². The van der Waals surface area contributed by atoms with E-state index in [0.717, 1.165) is 0 Å². The van der Waals surface area contributed by atoms with Crippen LogP contribution >= 0.6 is 15.9 Å². The van der Waals surface area contributed by atoms with Gasteiger partial charge in [0.2, 0.25) is 0 Å². The zero-order valence-electron chi connectivity index (χ0n) is 11.5. The average molecular weight is 332 g/mol. The molecule has 0 aliphatic rings. The Morgan fingerprint density at radius 3 is 2.47 bits per heavy atom. The number of rotatable bonds is 4. The van der Waals surface area contributed by atoms with Crippen LogP contribution in [0.2, 0.25) is 0 Å². The van der Waals surface area contributed by atoms with Crippen molar-refractivity contribution in [1.82, 2.24) is 4.90 Å². The molecule has 1 aromatic rings. The Labute approximate surface area is 121 Å². The van der Waals surface area contributed by atoms with Crippen LogP contribution < -0.4 is 0 Å². The minimum Gasteiger partial charge on any atom is -0.465 e. The van der Waals surface area contributed by atoms with Crippen molar-refractivity contribution in [3.05, 3.63) is 22.6 Å². The summed E-state index contributed by atoms with van der Waals surface area (Å²) in [5.74, 6) is -0.702. The number of halogens is 1. The highest BCUT2D eigenvalue weighted by Gasteiger charge is 2.31. The molecule has 0 bridgehead atoms. The van der Waals surface area contributed by atoms with Crippen LogP contribution in [-0.4, -0.2) is 35.5 Å². The lowest BCUT2D eigenvalue weighted by molar-refractivity contribution is -0.144. The van der Waals surface area contributed by atoms with Gasteiger partial charge in [0.25, 0.3) is 5.91 Å². The normalized spacial score (nSPS) is 11.2. The first-order valence-corrected chi connectivity index (χ1v) is 6.77. The summed E-state index contributed by atoms with van der Waals surface area (Å²) in [7, 11) is 0. The van der Waals surface area contributed by atoms with E-state index in [0.29, 0.717) is 16.8 Å². The first-order chi connectivity index (χ1) is 8.77. The Morgan fingerprint density at radius 1 is 1.42 bits per heavy atom. The van der Waals surface area contributed by atoms with Crippen LogP contribution in [0, 0.1) is 0 Å². The third-order valence-electron chi connectivity index (χ3n) is 2.50. The number of carbonyl (C=O) groups excluding carboxylic acids is 2. The van der Waals surface area contributed by atoms with Crippen LogP contribution in [0.4, 0.5) is 0 Å². The summed E-state index contributed by atoms with van der Waals surface area (Å²) >= 11 is 3.17. The largest absolute Gasteiger partial charge is 0.465 e. The molecule has 0 aliphatic carbocycles. The van der Waals surface area contributed by atoms with Gasteiger partial charge in [-0.05, 0) is 49.7 Å². The molecule has 0 N–H and O–H groups in total. The van der Waals surface area contributed by atoms with Gasteiger partial charge in [0.05, 0.1) is 18.4 Å². The molecule has 6 heteroatoms. The van der Waals surface area contributed by atoms with Crippen LogP contribution in [0.25, 0.3) is 0 Å². The number of amides is 1. The van der Waals surface area contributed by atoms with Gasteiger partial charge in [-0.2, -0.15) is 0 Å². The van der Waals surface area contributed by atoms with Crippen molar-refractivity contribution in [2.24, 2.45) is 0 Å². The van der Waals surface area contributed by atoms with Gasteiger partial charge < -0.3 is 14.1 Å². The van der Waals surface area contributed by atoms with Gasteiger partial charge in [0.15, 0.2) is 4.67 Å². The number of nitrogens with zero attached hydrogens (tertiary/aromatic N) is 1. The second-order valence-corrected chi connectivity index (χ2v) is 5.70. The number of hydrogen-bond donors (Lipinski definition) is 0. The van der Waals surface area contributed by atoms with Crippen LogP contribution in [0.3, 0.4) is 0 Å². The Hall–Kier alpha value is -1.30.